The minimum Gasteiger partial charge on any atom is -0.506 e. The number of carbonyl (C=O) groups excluding carboxylic acids is 1. The summed E-state index contributed by atoms with van der Waals surface area (Å²) in [6.07, 6.45) is 7.98. The van der Waals surface area contributed by atoms with Gasteiger partial charge < -0.3 is 10.0 Å². The van der Waals surface area contributed by atoms with Crippen LogP contribution in [0.15, 0.2) is 150 Å². The summed E-state index contributed by atoms with van der Waals surface area (Å²) in [5.41, 5.74) is 16.3. The van der Waals surface area contributed by atoms with E-state index in [0.717, 1.165) is 22.8 Å². The Hall–Kier alpha value is -6.00. The lowest BCUT2D eigenvalue weighted by atomic mass is 9.80. The van der Waals surface area contributed by atoms with Crippen LogP contribution in [0.25, 0.3) is 5.57 Å². The summed E-state index contributed by atoms with van der Waals surface area (Å²) in [6.45, 7) is 14.2. The first kappa shape index (κ1) is 34.4. The maximum atomic E-state index is 13.7. The fourth-order valence-electron chi connectivity index (χ4n) is 7.32. The standard InChI is InChI=1S/C48H44N2O2/c1-31-15-25-43(35(5)27-31)49(29-39-13-9-7-11-33(39)3)41-21-17-37(18-22-41)45-47(51)46(48(45)52)38-19-23-42(24-20-38)50(30-40-14-10-8-12-34(40)4)44-26-16-32(2)28-36(44)6/h7-28H,29-30H2,1-6H3/p+1. The van der Waals surface area contributed by atoms with Crippen LogP contribution in [0.1, 0.15) is 50.1 Å². The summed E-state index contributed by atoms with van der Waals surface area (Å²) >= 11 is 0. The minimum atomic E-state index is -0.143. The van der Waals surface area contributed by atoms with Crippen molar-refractivity contribution in [3.63, 3.8) is 0 Å². The molecule has 258 valence electrons. The molecule has 5 aromatic rings. The number of aryl methyl sites for hydroxylation is 6. The van der Waals surface area contributed by atoms with Crippen molar-refractivity contribution in [1.82, 2.24) is 0 Å². The first-order chi connectivity index (χ1) is 25.1. The molecule has 0 fully saturated rings. The predicted molar refractivity (Wildman–Crippen MR) is 215 cm³/mol. The fraction of sp³-hybridized carbons (Fsp3) is 0.167. The molecule has 0 unspecified atom stereocenters. The number of anilines is 2. The monoisotopic (exact) mass is 681 g/mol. The lowest BCUT2D eigenvalue weighted by molar-refractivity contribution is -0.457. The summed E-state index contributed by atoms with van der Waals surface area (Å²) in [6, 6.07) is 38.0. The highest BCUT2D eigenvalue weighted by Gasteiger charge is 2.37. The summed E-state index contributed by atoms with van der Waals surface area (Å²) in [5.74, 6) is -0.0990. The highest BCUT2D eigenvalue weighted by molar-refractivity contribution is 6.39. The Bertz CT molecular complexity index is 2370. The summed E-state index contributed by atoms with van der Waals surface area (Å²) < 4.78 is 2.32. The SMILES string of the molecule is Cc1ccc(N(Cc2ccccc2C)c2ccc(C3=C(O)C(=C4C=CC(=[N+](Cc5ccccc5C)c5ccc(C)cc5C)C=C4)C3=O)cc2)c(C)c1. The molecule has 0 saturated carbocycles. The van der Waals surface area contributed by atoms with Crippen molar-refractivity contribution in [2.24, 2.45) is 0 Å². The molecule has 0 radical (unpaired) electrons. The normalized spacial score (nSPS) is 13.9. The topological polar surface area (TPSA) is 43.5 Å². The van der Waals surface area contributed by atoms with E-state index in [4.69, 9.17) is 0 Å². The third kappa shape index (κ3) is 6.72. The average Bonchev–Trinajstić information content (AvgIpc) is 3.13. The molecule has 1 N–H and O–H groups in total. The van der Waals surface area contributed by atoms with Gasteiger partial charge in [-0.1, -0.05) is 90.0 Å². The number of allylic oxidation sites excluding steroid dienone is 7. The number of Topliss-reactive ketones (excluding diaryl/α,β-unsaturated/α-hetero) is 1. The number of benzene rings is 5. The molecule has 5 aromatic carbocycles. The number of hydrogen-bond acceptors (Lipinski definition) is 3. The average molecular weight is 682 g/mol. The van der Waals surface area contributed by atoms with Gasteiger partial charge in [-0.25, -0.2) is 0 Å². The minimum absolute atomic E-state index is 0.0443. The Balaban J connectivity index is 1.19. The van der Waals surface area contributed by atoms with Crippen molar-refractivity contribution in [3.05, 3.63) is 200 Å². The molecule has 0 saturated heterocycles. The largest absolute Gasteiger partial charge is 0.506 e. The third-order valence-corrected chi connectivity index (χ3v) is 10.3. The van der Waals surface area contributed by atoms with Crippen LogP contribution in [0, 0.1) is 41.5 Å². The molecule has 0 aliphatic heterocycles. The smallest absolute Gasteiger partial charge is 0.208 e. The van der Waals surface area contributed by atoms with Gasteiger partial charge in [0.05, 0.1) is 11.1 Å². The Morgan fingerprint density at radius 3 is 1.79 bits per heavy atom. The molecule has 0 aromatic heterocycles. The van der Waals surface area contributed by atoms with Gasteiger partial charge in [-0.05, 0) is 111 Å². The van der Waals surface area contributed by atoms with E-state index in [1.165, 1.54) is 44.5 Å². The second kappa shape index (κ2) is 14.3. The third-order valence-electron chi connectivity index (χ3n) is 10.3. The fourth-order valence-corrected chi connectivity index (χ4v) is 7.32. The van der Waals surface area contributed by atoms with Crippen LogP contribution in [0.4, 0.5) is 17.1 Å². The molecule has 2 aliphatic carbocycles. The van der Waals surface area contributed by atoms with Gasteiger partial charge in [-0.15, -0.1) is 0 Å². The molecule has 7 rings (SSSR count). The van der Waals surface area contributed by atoms with Crippen LogP contribution in [-0.4, -0.2) is 21.2 Å². The van der Waals surface area contributed by atoms with E-state index in [9.17, 15) is 9.90 Å². The maximum absolute atomic E-state index is 13.7. The van der Waals surface area contributed by atoms with Crippen LogP contribution < -0.4 is 4.90 Å². The lowest BCUT2D eigenvalue weighted by Crippen LogP contribution is -2.23. The highest BCUT2D eigenvalue weighted by Crippen LogP contribution is 2.40. The van der Waals surface area contributed by atoms with Gasteiger partial charge in [0.1, 0.15) is 5.76 Å². The van der Waals surface area contributed by atoms with Crippen molar-refractivity contribution in [3.8, 4) is 0 Å². The zero-order valence-corrected chi connectivity index (χ0v) is 30.9. The number of ketones is 1. The molecule has 4 heteroatoms. The van der Waals surface area contributed by atoms with E-state index in [-0.39, 0.29) is 11.5 Å². The van der Waals surface area contributed by atoms with Crippen molar-refractivity contribution in [2.75, 3.05) is 4.90 Å². The van der Waals surface area contributed by atoms with Gasteiger partial charge in [0.25, 0.3) is 0 Å². The van der Waals surface area contributed by atoms with E-state index in [2.05, 4.69) is 136 Å². The van der Waals surface area contributed by atoms with Crippen LogP contribution in [0.5, 0.6) is 0 Å². The molecule has 0 bridgehead atoms. The maximum Gasteiger partial charge on any atom is 0.208 e. The molecule has 0 heterocycles. The summed E-state index contributed by atoms with van der Waals surface area (Å²) in [7, 11) is 0. The first-order valence-electron chi connectivity index (χ1n) is 17.9. The molecule has 4 nitrogen and oxygen atoms in total. The lowest BCUT2D eigenvalue weighted by Gasteiger charge is -2.29. The van der Waals surface area contributed by atoms with Crippen molar-refractivity contribution in [1.29, 1.82) is 0 Å². The summed E-state index contributed by atoms with van der Waals surface area (Å²) in [4.78, 5) is 16.0. The molecular formula is C48H45N2O2+. The number of hydrogen-bond donors (Lipinski definition) is 1. The Morgan fingerprint density at radius 2 is 1.19 bits per heavy atom. The highest BCUT2D eigenvalue weighted by atomic mass is 16.3. The van der Waals surface area contributed by atoms with Crippen LogP contribution in [0.3, 0.4) is 0 Å². The van der Waals surface area contributed by atoms with Crippen LogP contribution in [-0.2, 0) is 17.9 Å². The van der Waals surface area contributed by atoms with E-state index in [1.807, 2.05) is 48.6 Å². The van der Waals surface area contributed by atoms with Gasteiger partial charge in [-0.3, -0.25) is 4.79 Å². The van der Waals surface area contributed by atoms with E-state index in [1.54, 1.807) is 0 Å². The second-order valence-corrected chi connectivity index (χ2v) is 14.1. The molecular weight excluding hydrogens is 637 g/mol. The predicted octanol–water partition coefficient (Wildman–Crippen LogP) is 11.1. The zero-order chi connectivity index (χ0) is 36.5. The van der Waals surface area contributed by atoms with Gasteiger partial charge in [0.2, 0.25) is 17.2 Å². The van der Waals surface area contributed by atoms with Gasteiger partial charge in [0, 0.05) is 47.3 Å². The van der Waals surface area contributed by atoms with Crippen molar-refractivity contribution >= 4 is 34.1 Å². The number of aliphatic hydroxyl groups is 1. The van der Waals surface area contributed by atoms with Crippen LogP contribution in [0.2, 0.25) is 0 Å². The number of nitrogens with zero attached hydrogens (tertiary/aromatic N) is 2. The number of rotatable bonds is 8. The molecule has 0 spiro atoms. The Kier molecular flexibility index (Phi) is 9.49. The quantitative estimate of drug-likeness (QED) is 0.131. The van der Waals surface area contributed by atoms with Gasteiger partial charge in [-0.2, -0.15) is 4.58 Å². The Morgan fingerprint density at radius 1 is 0.596 bits per heavy atom. The number of aliphatic hydroxyl groups excluding tert-OH is 1. The van der Waals surface area contributed by atoms with Crippen molar-refractivity contribution < 1.29 is 14.5 Å². The van der Waals surface area contributed by atoms with E-state index in [0.29, 0.717) is 35.4 Å². The molecule has 0 atom stereocenters. The van der Waals surface area contributed by atoms with E-state index < -0.39 is 0 Å². The number of carbonyl (C=O) groups is 1. The first-order valence-corrected chi connectivity index (χ1v) is 17.9. The second-order valence-electron chi connectivity index (χ2n) is 14.1. The Labute approximate surface area is 307 Å². The molecule has 52 heavy (non-hydrogen) atoms. The molecule has 0 amide bonds. The van der Waals surface area contributed by atoms with Crippen LogP contribution >= 0.6 is 0 Å². The summed E-state index contributed by atoms with van der Waals surface area (Å²) in [5, 5.41) is 11.3. The zero-order valence-electron chi connectivity index (χ0n) is 30.9. The molecule has 2 aliphatic rings. The van der Waals surface area contributed by atoms with Gasteiger partial charge >= 0.3 is 0 Å². The van der Waals surface area contributed by atoms with Crippen molar-refractivity contribution in [2.45, 2.75) is 54.6 Å². The van der Waals surface area contributed by atoms with E-state index >= 15 is 0 Å². The van der Waals surface area contributed by atoms with Gasteiger partial charge in [0.15, 0.2) is 6.54 Å².